The van der Waals surface area contributed by atoms with Crippen molar-refractivity contribution in [2.45, 2.75) is 20.0 Å². The highest BCUT2D eigenvalue weighted by atomic mass is 35.5. The van der Waals surface area contributed by atoms with Crippen LogP contribution in [0.3, 0.4) is 0 Å². The van der Waals surface area contributed by atoms with E-state index in [1.807, 2.05) is 49.4 Å². The van der Waals surface area contributed by atoms with Gasteiger partial charge in [0.25, 0.3) is 11.8 Å². The van der Waals surface area contributed by atoms with Gasteiger partial charge in [-0.2, -0.15) is 0 Å². The van der Waals surface area contributed by atoms with Gasteiger partial charge in [0.2, 0.25) is 0 Å². The van der Waals surface area contributed by atoms with Gasteiger partial charge in [-0.15, -0.1) is 11.3 Å². The van der Waals surface area contributed by atoms with E-state index in [4.69, 9.17) is 16.3 Å². The molecule has 2 aromatic carbocycles. The second-order valence-electron chi connectivity index (χ2n) is 6.57. The first-order valence-corrected chi connectivity index (χ1v) is 10.8. The maximum Gasteiger partial charge on any atom is 0.260 e. The Balaban J connectivity index is 1.59. The topological polar surface area (TPSA) is 58.6 Å². The number of carbonyl (C=O) groups excluding carboxylic acids is 2. The monoisotopic (exact) mass is 442 g/mol. The van der Waals surface area contributed by atoms with Crippen molar-refractivity contribution < 1.29 is 14.3 Å². The first-order chi connectivity index (χ1) is 14.6. The maximum absolute atomic E-state index is 12.6. The number of halogens is 1. The Kier molecular flexibility index (Phi) is 7.88. The molecule has 7 heteroatoms. The number of likely N-dealkylation sites (N-methyl/N-ethyl adjacent to an activating group) is 1. The van der Waals surface area contributed by atoms with E-state index in [1.165, 1.54) is 11.3 Å². The Morgan fingerprint density at radius 2 is 1.77 bits per heavy atom. The molecule has 0 radical (unpaired) electrons. The van der Waals surface area contributed by atoms with Gasteiger partial charge in [0.1, 0.15) is 5.75 Å². The molecule has 0 atom stereocenters. The van der Waals surface area contributed by atoms with E-state index >= 15 is 0 Å². The van der Waals surface area contributed by atoms with Gasteiger partial charge >= 0.3 is 0 Å². The average molecular weight is 443 g/mol. The number of hydrogen-bond donors (Lipinski definition) is 1. The van der Waals surface area contributed by atoms with Crippen LogP contribution in [-0.2, 0) is 17.9 Å². The van der Waals surface area contributed by atoms with Crippen LogP contribution >= 0.6 is 22.9 Å². The number of para-hydroxylation sites is 1. The summed E-state index contributed by atoms with van der Waals surface area (Å²) in [6.45, 7) is 3.22. The summed E-state index contributed by atoms with van der Waals surface area (Å²) in [5, 5.41) is 2.89. The summed E-state index contributed by atoms with van der Waals surface area (Å²) in [5.74, 6) is -0.0179. The van der Waals surface area contributed by atoms with Crippen LogP contribution in [0.25, 0.3) is 0 Å². The molecule has 3 aromatic rings. The standard InChI is InChI=1S/C23H23ClN2O3S/c1-2-26(15-18-12-13-21(24)30-18)22(27)16-29-20-11-7-6-10-19(20)23(28)25-14-17-8-4-3-5-9-17/h3-13H,2,14-16H2,1H3,(H,25,28). The third-order valence-electron chi connectivity index (χ3n) is 4.49. The van der Waals surface area contributed by atoms with Gasteiger partial charge in [-0.05, 0) is 36.8 Å². The lowest BCUT2D eigenvalue weighted by Crippen LogP contribution is -2.34. The van der Waals surface area contributed by atoms with Gasteiger partial charge in [-0.3, -0.25) is 9.59 Å². The molecule has 0 saturated heterocycles. The molecule has 3 rings (SSSR count). The molecule has 0 aliphatic heterocycles. The number of rotatable bonds is 9. The third kappa shape index (κ3) is 6.08. The van der Waals surface area contributed by atoms with Crippen LogP contribution in [0.15, 0.2) is 66.7 Å². The number of carbonyl (C=O) groups is 2. The van der Waals surface area contributed by atoms with Gasteiger partial charge in [0.05, 0.1) is 16.4 Å². The van der Waals surface area contributed by atoms with Gasteiger partial charge in [-0.1, -0.05) is 54.1 Å². The normalized spacial score (nSPS) is 10.5. The summed E-state index contributed by atoms with van der Waals surface area (Å²) in [7, 11) is 0. The molecule has 0 unspecified atom stereocenters. The number of nitrogens with zero attached hydrogens (tertiary/aromatic N) is 1. The lowest BCUT2D eigenvalue weighted by Gasteiger charge is -2.20. The lowest BCUT2D eigenvalue weighted by atomic mass is 10.1. The molecular weight excluding hydrogens is 420 g/mol. The van der Waals surface area contributed by atoms with Crippen LogP contribution in [0.5, 0.6) is 5.75 Å². The van der Waals surface area contributed by atoms with Gasteiger partial charge in [0, 0.05) is 18.0 Å². The van der Waals surface area contributed by atoms with Gasteiger partial charge in [0.15, 0.2) is 6.61 Å². The first-order valence-electron chi connectivity index (χ1n) is 9.62. The van der Waals surface area contributed by atoms with E-state index in [1.54, 1.807) is 29.2 Å². The average Bonchev–Trinajstić information content (AvgIpc) is 3.19. The van der Waals surface area contributed by atoms with Crippen LogP contribution in [0.1, 0.15) is 27.7 Å². The van der Waals surface area contributed by atoms with E-state index in [0.29, 0.717) is 35.3 Å². The Labute approximate surface area is 185 Å². The van der Waals surface area contributed by atoms with Crippen LogP contribution in [-0.4, -0.2) is 29.9 Å². The molecule has 5 nitrogen and oxygen atoms in total. The second kappa shape index (κ2) is 10.8. The zero-order valence-electron chi connectivity index (χ0n) is 16.6. The van der Waals surface area contributed by atoms with E-state index in [-0.39, 0.29) is 18.4 Å². The fourth-order valence-corrected chi connectivity index (χ4v) is 3.99. The van der Waals surface area contributed by atoms with Crippen LogP contribution in [0.4, 0.5) is 0 Å². The molecule has 0 spiro atoms. The van der Waals surface area contributed by atoms with E-state index in [2.05, 4.69) is 5.32 Å². The van der Waals surface area contributed by atoms with Crippen molar-refractivity contribution in [2.24, 2.45) is 0 Å². The van der Waals surface area contributed by atoms with E-state index in [0.717, 1.165) is 10.4 Å². The Bertz CT molecular complexity index is 991. The summed E-state index contributed by atoms with van der Waals surface area (Å²) in [6.07, 6.45) is 0. The molecule has 0 fully saturated rings. The smallest absolute Gasteiger partial charge is 0.260 e. The van der Waals surface area contributed by atoms with Crippen LogP contribution < -0.4 is 10.1 Å². The second-order valence-corrected chi connectivity index (χ2v) is 8.37. The highest BCUT2D eigenvalue weighted by Crippen LogP contribution is 2.23. The van der Waals surface area contributed by atoms with Crippen molar-refractivity contribution in [1.82, 2.24) is 10.2 Å². The number of amides is 2. The summed E-state index contributed by atoms with van der Waals surface area (Å²) >= 11 is 7.42. The SMILES string of the molecule is CCN(Cc1ccc(Cl)s1)C(=O)COc1ccccc1C(=O)NCc1ccccc1. The van der Waals surface area contributed by atoms with Crippen molar-refractivity contribution in [3.05, 3.63) is 87.1 Å². The minimum atomic E-state index is -0.248. The summed E-state index contributed by atoms with van der Waals surface area (Å²) < 4.78 is 6.42. The quantitative estimate of drug-likeness (QED) is 0.519. The molecule has 0 aliphatic rings. The predicted molar refractivity (Wildman–Crippen MR) is 120 cm³/mol. The largest absolute Gasteiger partial charge is 0.483 e. The van der Waals surface area contributed by atoms with E-state index < -0.39 is 0 Å². The molecule has 1 aromatic heterocycles. The van der Waals surface area contributed by atoms with Gasteiger partial charge < -0.3 is 15.0 Å². The minimum absolute atomic E-state index is 0.143. The Hall–Kier alpha value is -2.83. The van der Waals surface area contributed by atoms with Crippen molar-refractivity contribution in [3.63, 3.8) is 0 Å². The van der Waals surface area contributed by atoms with Crippen LogP contribution in [0, 0.1) is 0 Å². The third-order valence-corrected chi connectivity index (χ3v) is 5.70. The van der Waals surface area contributed by atoms with Crippen molar-refractivity contribution >= 4 is 34.8 Å². The van der Waals surface area contributed by atoms with Crippen molar-refractivity contribution in [1.29, 1.82) is 0 Å². The molecule has 2 amide bonds. The maximum atomic E-state index is 12.6. The summed E-state index contributed by atoms with van der Waals surface area (Å²) in [6, 6.07) is 20.3. The zero-order valence-corrected chi connectivity index (χ0v) is 18.2. The number of nitrogens with one attached hydrogen (secondary N) is 1. The molecule has 1 N–H and O–H groups in total. The number of benzene rings is 2. The Morgan fingerprint density at radius 3 is 2.47 bits per heavy atom. The number of hydrogen-bond acceptors (Lipinski definition) is 4. The summed E-state index contributed by atoms with van der Waals surface area (Å²) in [4.78, 5) is 27.9. The fraction of sp³-hybridized carbons (Fsp3) is 0.217. The predicted octanol–water partition coefficient (Wildman–Crippen LogP) is 4.76. The van der Waals surface area contributed by atoms with E-state index in [9.17, 15) is 9.59 Å². The van der Waals surface area contributed by atoms with Gasteiger partial charge in [-0.25, -0.2) is 0 Å². The zero-order chi connectivity index (χ0) is 21.3. The highest BCUT2D eigenvalue weighted by molar-refractivity contribution is 7.16. The fourth-order valence-electron chi connectivity index (χ4n) is 2.89. The molecule has 0 bridgehead atoms. The lowest BCUT2D eigenvalue weighted by molar-refractivity contribution is -0.133. The molecule has 1 heterocycles. The minimum Gasteiger partial charge on any atom is -0.483 e. The van der Waals surface area contributed by atoms with Crippen molar-refractivity contribution in [3.8, 4) is 5.75 Å². The molecule has 156 valence electrons. The van der Waals surface area contributed by atoms with Crippen LogP contribution in [0.2, 0.25) is 4.34 Å². The Morgan fingerprint density at radius 1 is 1.03 bits per heavy atom. The number of thiophene rings is 1. The summed E-state index contributed by atoms with van der Waals surface area (Å²) in [5.41, 5.74) is 1.40. The molecule has 30 heavy (non-hydrogen) atoms. The highest BCUT2D eigenvalue weighted by Gasteiger charge is 2.17. The van der Waals surface area contributed by atoms with Crippen molar-refractivity contribution in [2.75, 3.05) is 13.2 Å². The number of ether oxygens (including phenoxy) is 1. The molecular formula is C23H23ClN2O3S. The molecule has 0 saturated carbocycles. The first kappa shape index (κ1) is 21.9. The molecule has 0 aliphatic carbocycles.